The number of hydrogen-bond acceptors (Lipinski definition) is 5. The van der Waals surface area contributed by atoms with Crippen molar-refractivity contribution in [2.45, 2.75) is 17.6 Å². The lowest BCUT2D eigenvalue weighted by Crippen LogP contribution is -2.18. The number of hydrogen-bond donors (Lipinski definition) is 4. The van der Waals surface area contributed by atoms with Gasteiger partial charge >= 0.3 is 15.2 Å². The number of nitrogens with zero attached hydrogens (tertiary/aromatic N) is 1. The maximum atomic E-state index is 11.4. The van der Waals surface area contributed by atoms with Gasteiger partial charge in [0.05, 0.1) is 5.25 Å². The fourth-order valence-corrected chi connectivity index (χ4v) is 6.26. The minimum atomic E-state index is -5.14. The van der Waals surface area contributed by atoms with Gasteiger partial charge in [-0.15, -0.1) is 0 Å². The topological polar surface area (TPSA) is 145 Å². The Kier molecular flexibility index (Phi) is 5.69. The third-order valence-corrected chi connectivity index (χ3v) is 7.58. The summed E-state index contributed by atoms with van der Waals surface area (Å²) in [7, 11) is -10.3. The Morgan fingerprint density at radius 1 is 1.25 bits per heavy atom. The van der Waals surface area contributed by atoms with Gasteiger partial charge in [-0.1, -0.05) is 17.8 Å². The standard InChI is InChI=1S/C9H13NO7P2S/c1-6(11)20-8(7-3-2-4-10-5-7)9(18(12,13)14)19(15,16)17/h2-5,8-9H,1H3,(H2,12,13,14)(H2,15,16,17). The molecule has 0 bridgehead atoms. The highest BCUT2D eigenvalue weighted by molar-refractivity contribution is 8.14. The molecular weight excluding hydrogens is 328 g/mol. The van der Waals surface area contributed by atoms with Crippen LogP contribution in [0.3, 0.4) is 0 Å². The van der Waals surface area contributed by atoms with Crippen molar-refractivity contribution in [3.05, 3.63) is 30.1 Å². The summed E-state index contributed by atoms with van der Waals surface area (Å²) in [6, 6.07) is 2.84. The Labute approximate surface area is 118 Å². The third kappa shape index (κ3) is 4.79. The summed E-state index contributed by atoms with van der Waals surface area (Å²) in [5, 5.41) is -4.21. The van der Waals surface area contributed by atoms with E-state index in [0.717, 1.165) is 6.92 Å². The normalized spacial score (nSPS) is 14.3. The van der Waals surface area contributed by atoms with Gasteiger partial charge in [-0.05, 0) is 11.6 Å². The number of carbonyl (C=O) groups is 1. The minimum Gasteiger partial charge on any atom is -0.324 e. The smallest absolute Gasteiger partial charge is 0.324 e. The maximum Gasteiger partial charge on any atom is 0.342 e. The van der Waals surface area contributed by atoms with Crippen LogP contribution in [-0.2, 0) is 13.9 Å². The van der Waals surface area contributed by atoms with Crippen molar-refractivity contribution >= 4 is 32.1 Å². The highest BCUT2D eigenvalue weighted by atomic mass is 32.2. The van der Waals surface area contributed by atoms with Crippen LogP contribution in [0.15, 0.2) is 24.5 Å². The molecule has 1 aromatic heterocycles. The minimum absolute atomic E-state index is 0.157. The van der Waals surface area contributed by atoms with Crippen molar-refractivity contribution in [2.24, 2.45) is 0 Å². The van der Waals surface area contributed by atoms with Crippen molar-refractivity contribution in [1.82, 2.24) is 4.98 Å². The number of thioether (sulfide) groups is 1. The average molecular weight is 341 g/mol. The molecule has 20 heavy (non-hydrogen) atoms. The van der Waals surface area contributed by atoms with E-state index in [2.05, 4.69) is 4.98 Å². The van der Waals surface area contributed by atoms with Crippen LogP contribution in [0.2, 0.25) is 0 Å². The lowest BCUT2D eigenvalue weighted by atomic mass is 10.2. The molecule has 0 saturated heterocycles. The zero-order valence-electron chi connectivity index (χ0n) is 10.2. The van der Waals surface area contributed by atoms with E-state index < -0.39 is 31.0 Å². The zero-order chi connectivity index (χ0) is 15.6. The maximum absolute atomic E-state index is 11.4. The summed E-state index contributed by atoms with van der Waals surface area (Å²) in [6.07, 6.45) is 2.60. The van der Waals surface area contributed by atoms with Crippen LogP contribution in [0.25, 0.3) is 0 Å². The molecular formula is C9H13NO7P2S. The quantitative estimate of drug-likeness (QED) is 0.578. The Morgan fingerprint density at radius 2 is 1.80 bits per heavy atom. The summed E-state index contributed by atoms with van der Waals surface area (Å²) < 4.78 is 22.9. The average Bonchev–Trinajstić information content (AvgIpc) is 2.25. The fourth-order valence-electron chi connectivity index (χ4n) is 1.57. The van der Waals surface area contributed by atoms with Crippen LogP contribution >= 0.6 is 27.0 Å². The lowest BCUT2D eigenvalue weighted by molar-refractivity contribution is -0.109. The monoisotopic (exact) mass is 341 g/mol. The molecule has 11 heteroatoms. The molecule has 0 amide bonds. The second-order valence-electron chi connectivity index (χ2n) is 3.91. The molecule has 1 heterocycles. The van der Waals surface area contributed by atoms with Gasteiger partial charge in [0.25, 0.3) is 0 Å². The molecule has 0 saturated carbocycles. The van der Waals surface area contributed by atoms with Gasteiger partial charge in [-0.3, -0.25) is 18.9 Å². The first-order chi connectivity index (χ1) is 9.03. The molecule has 112 valence electrons. The van der Waals surface area contributed by atoms with Crippen LogP contribution in [0.4, 0.5) is 0 Å². The Bertz CT molecular complexity index is 547. The number of rotatable bonds is 5. The summed E-state index contributed by atoms with van der Waals surface area (Å²) in [6.45, 7) is 1.14. The van der Waals surface area contributed by atoms with E-state index in [1.54, 1.807) is 0 Å². The van der Waals surface area contributed by atoms with Gasteiger partial charge in [0.15, 0.2) is 10.5 Å². The molecule has 1 unspecified atom stereocenters. The van der Waals surface area contributed by atoms with Gasteiger partial charge in [0.1, 0.15) is 0 Å². The molecule has 0 radical (unpaired) electrons. The van der Waals surface area contributed by atoms with Crippen molar-refractivity contribution in [1.29, 1.82) is 0 Å². The molecule has 0 aliphatic heterocycles. The van der Waals surface area contributed by atoms with Gasteiger partial charge in [0, 0.05) is 19.3 Å². The Morgan fingerprint density at radius 3 is 2.15 bits per heavy atom. The molecule has 4 N–H and O–H groups in total. The van der Waals surface area contributed by atoms with E-state index in [0.29, 0.717) is 11.8 Å². The highest BCUT2D eigenvalue weighted by Crippen LogP contribution is 2.66. The van der Waals surface area contributed by atoms with Crippen molar-refractivity contribution in [3.63, 3.8) is 0 Å². The Balaban J connectivity index is 3.37. The molecule has 1 rings (SSSR count). The fraction of sp³-hybridized carbons (Fsp3) is 0.333. The van der Waals surface area contributed by atoms with Crippen molar-refractivity contribution in [3.8, 4) is 0 Å². The second kappa shape index (κ2) is 6.49. The third-order valence-electron chi connectivity index (χ3n) is 2.27. The lowest BCUT2D eigenvalue weighted by Gasteiger charge is -2.27. The van der Waals surface area contributed by atoms with E-state index in [1.807, 2.05) is 0 Å². The molecule has 0 fully saturated rings. The van der Waals surface area contributed by atoms with E-state index in [1.165, 1.54) is 24.5 Å². The molecule has 0 aliphatic carbocycles. The summed E-state index contributed by atoms with van der Waals surface area (Å²) in [4.78, 5) is 51.9. The Hall–Kier alpha value is -0.530. The number of carbonyl (C=O) groups excluding carboxylic acids is 1. The van der Waals surface area contributed by atoms with Crippen molar-refractivity contribution < 1.29 is 33.5 Å². The SMILES string of the molecule is CC(=O)SC(c1cccnc1)C(P(=O)(O)O)P(=O)(O)O. The zero-order valence-corrected chi connectivity index (χ0v) is 12.8. The van der Waals surface area contributed by atoms with Gasteiger partial charge in [0.2, 0.25) is 0 Å². The van der Waals surface area contributed by atoms with Crippen LogP contribution in [-0.4, -0.2) is 35.1 Å². The van der Waals surface area contributed by atoms with E-state index in [9.17, 15) is 33.5 Å². The van der Waals surface area contributed by atoms with Gasteiger partial charge in [-0.2, -0.15) is 0 Å². The summed E-state index contributed by atoms with van der Waals surface area (Å²) in [5.74, 6) is 0. The van der Waals surface area contributed by atoms with E-state index in [-0.39, 0.29) is 5.56 Å². The predicted molar refractivity (Wildman–Crippen MR) is 73.1 cm³/mol. The first-order valence-electron chi connectivity index (χ1n) is 5.21. The predicted octanol–water partition coefficient (Wildman–Crippen LogP) is 1.08. The first kappa shape index (κ1) is 17.5. The second-order valence-corrected chi connectivity index (χ2v) is 9.10. The largest absolute Gasteiger partial charge is 0.342 e. The van der Waals surface area contributed by atoms with E-state index in [4.69, 9.17) is 0 Å². The molecule has 0 spiro atoms. The van der Waals surface area contributed by atoms with E-state index >= 15 is 0 Å². The summed E-state index contributed by atoms with van der Waals surface area (Å²) >= 11 is 0.451. The van der Waals surface area contributed by atoms with Gasteiger partial charge < -0.3 is 19.6 Å². The highest BCUT2D eigenvalue weighted by Gasteiger charge is 2.50. The first-order valence-corrected chi connectivity index (χ1v) is 9.45. The molecule has 1 aromatic rings. The van der Waals surface area contributed by atoms with Gasteiger partial charge in [-0.25, -0.2) is 0 Å². The van der Waals surface area contributed by atoms with Crippen molar-refractivity contribution in [2.75, 3.05) is 0 Å². The van der Waals surface area contributed by atoms with Crippen LogP contribution in [0.5, 0.6) is 0 Å². The van der Waals surface area contributed by atoms with Crippen LogP contribution in [0, 0.1) is 0 Å². The number of aromatic nitrogens is 1. The molecule has 0 aliphatic rings. The van der Waals surface area contributed by atoms with Crippen LogP contribution in [0.1, 0.15) is 17.7 Å². The number of pyridine rings is 1. The molecule has 1 atom stereocenters. The molecule has 0 aromatic carbocycles. The van der Waals surface area contributed by atoms with Crippen LogP contribution < -0.4 is 0 Å². The molecule has 8 nitrogen and oxygen atoms in total. The summed E-state index contributed by atoms with van der Waals surface area (Å²) in [5.41, 5.74) is 0.157.